The van der Waals surface area contributed by atoms with Gasteiger partial charge in [-0.2, -0.15) is 5.26 Å². The number of hydrogen-bond acceptors (Lipinski definition) is 2. The van der Waals surface area contributed by atoms with E-state index in [1.165, 1.54) is 0 Å². The van der Waals surface area contributed by atoms with E-state index in [0.717, 1.165) is 6.07 Å². The van der Waals surface area contributed by atoms with Gasteiger partial charge in [0.1, 0.15) is 0 Å². The SMILES string of the molecule is N#CCc1[nH]c(=O)cc(C(F)F)c1Cl. The first kappa shape index (κ1) is 10.7. The fourth-order valence-electron chi connectivity index (χ4n) is 0.978. The average molecular weight is 219 g/mol. The average Bonchev–Trinajstić information content (AvgIpc) is 2.10. The largest absolute Gasteiger partial charge is 0.324 e. The molecule has 1 N–H and O–H groups in total. The Hall–Kier alpha value is -1.41. The zero-order chi connectivity index (χ0) is 10.7. The first-order valence-corrected chi connectivity index (χ1v) is 4.00. The van der Waals surface area contributed by atoms with Crippen LogP contribution in [0.5, 0.6) is 0 Å². The molecule has 0 radical (unpaired) electrons. The molecule has 6 heteroatoms. The maximum absolute atomic E-state index is 12.3. The van der Waals surface area contributed by atoms with Crippen molar-refractivity contribution in [1.29, 1.82) is 5.26 Å². The molecule has 0 aromatic carbocycles. The van der Waals surface area contributed by atoms with E-state index in [2.05, 4.69) is 4.98 Å². The third kappa shape index (κ3) is 2.09. The van der Waals surface area contributed by atoms with Gasteiger partial charge in [-0.15, -0.1) is 0 Å². The van der Waals surface area contributed by atoms with Crippen LogP contribution in [0.3, 0.4) is 0 Å². The maximum Gasteiger partial charge on any atom is 0.265 e. The molecule has 0 saturated carbocycles. The quantitative estimate of drug-likeness (QED) is 0.826. The summed E-state index contributed by atoms with van der Waals surface area (Å²) in [5, 5.41) is 8.10. The Balaban J connectivity index is 3.34. The molecule has 0 spiro atoms. The van der Waals surface area contributed by atoms with Crippen LogP contribution in [0.15, 0.2) is 10.9 Å². The Morgan fingerprint density at radius 3 is 2.79 bits per heavy atom. The predicted octanol–water partition coefficient (Wildman–Crippen LogP) is 2.03. The molecule has 14 heavy (non-hydrogen) atoms. The Labute approximate surface area is 82.9 Å². The topological polar surface area (TPSA) is 56.6 Å². The van der Waals surface area contributed by atoms with Gasteiger partial charge in [-0.3, -0.25) is 4.79 Å². The van der Waals surface area contributed by atoms with E-state index < -0.39 is 17.5 Å². The van der Waals surface area contributed by atoms with Gasteiger partial charge in [0, 0.05) is 11.6 Å². The van der Waals surface area contributed by atoms with Crippen LogP contribution in [0.25, 0.3) is 0 Å². The summed E-state index contributed by atoms with van der Waals surface area (Å²) in [6, 6.07) is 2.45. The highest BCUT2D eigenvalue weighted by Gasteiger charge is 2.16. The molecule has 1 aromatic rings. The van der Waals surface area contributed by atoms with Crippen molar-refractivity contribution in [2.75, 3.05) is 0 Å². The number of H-pyrrole nitrogens is 1. The number of hydrogen-bond donors (Lipinski definition) is 1. The first-order chi connectivity index (χ1) is 6.56. The van der Waals surface area contributed by atoms with Crippen LogP contribution in [0.1, 0.15) is 17.7 Å². The third-order valence-corrected chi connectivity index (χ3v) is 2.02. The maximum atomic E-state index is 12.3. The molecule has 1 rings (SSSR count). The summed E-state index contributed by atoms with van der Waals surface area (Å²) in [6.07, 6.45) is -3.02. The van der Waals surface area contributed by atoms with Gasteiger partial charge in [0.2, 0.25) is 5.56 Å². The lowest BCUT2D eigenvalue weighted by atomic mass is 10.2. The van der Waals surface area contributed by atoms with E-state index in [1.54, 1.807) is 6.07 Å². The lowest BCUT2D eigenvalue weighted by Crippen LogP contribution is -2.10. The molecule has 0 aliphatic heterocycles. The summed E-state index contributed by atoms with van der Waals surface area (Å²) >= 11 is 5.55. The molecule has 1 aromatic heterocycles. The second-order valence-electron chi connectivity index (χ2n) is 2.52. The lowest BCUT2D eigenvalue weighted by Gasteiger charge is -2.05. The Kier molecular flexibility index (Phi) is 3.20. The molecule has 0 saturated heterocycles. The summed E-state index contributed by atoms with van der Waals surface area (Å²) in [5.74, 6) is 0. The van der Waals surface area contributed by atoms with Crippen LogP contribution in [-0.2, 0) is 6.42 Å². The van der Waals surface area contributed by atoms with Crippen molar-refractivity contribution in [1.82, 2.24) is 4.98 Å². The molecular formula is C8H5ClF2N2O. The Morgan fingerprint density at radius 1 is 1.64 bits per heavy atom. The molecule has 0 aliphatic rings. The molecule has 0 atom stereocenters. The summed E-state index contributed by atoms with van der Waals surface area (Å²) in [7, 11) is 0. The standard InChI is InChI=1S/C8H5ClF2N2O/c9-7-4(8(10)11)3-6(14)13-5(7)1-2-12/h3,8H,1H2,(H,13,14). The number of aromatic amines is 1. The molecule has 1 heterocycles. The van der Waals surface area contributed by atoms with Crippen LogP contribution in [0, 0.1) is 11.3 Å². The summed E-state index contributed by atoms with van der Waals surface area (Å²) in [4.78, 5) is 13.1. The molecule has 74 valence electrons. The number of nitriles is 1. The van der Waals surface area contributed by atoms with E-state index in [-0.39, 0.29) is 17.1 Å². The highest BCUT2D eigenvalue weighted by Crippen LogP contribution is 2.27. The lowest BCUT2D eigenvalue weighted by molar-refractivity contribution is 0.151. The molecule has 0 fully saturated rings. The minimum Gasteiger partial charge on any atom is -0.324 e. The van der Waals surface area contributed by atoms with Crippen molar-refractivity contribution in [3.8, 4) is 6.07 Å². The van der Waals surface area contributed by atoms with Crippen LogP contribution in [-0.4, -0.2) is 4.98 Å². The highest BCUT2D eigenvalue weighted by molar-refractivity contribution is 6.32. The zero-order valence-corrected chi connectivity index (χ0v) is 7.61. The van der Waals surface area contributed by atoms with Gasteiger partial charge in [-0.1, -0.05) is 11.6 Å². The monoisotopic (exact) mass is 218 g/mol. The van der Waals surface area contributed by atoms with Crippen molar-refractivity contribution in [2.24, 2.45) is 0 Å². The van der Waals surface area contributed by atoms with E-state index in [9.17, 15) is 13.6 Å². The number of nitrogens with one attached hydrogen (secondary N) is 1. The van der Waals surface area contributed by atoms with Crippen LogP contribution in [0.2, 0.25) is 5.02 Å². The second-order valence-corrected chi connectivity index (χ2v) is 2.90. The van der Waals surface area contributed by atoms with Crippen LogP contribution in [0.4, 0.5) is 8.78 Å². The summed E-state index contributed by atoms with van der Waals surface area (Å²) < 4.78 is 24.6. The third-order valence-electron chi connectivity index (χ3n) is 1.57. The Morgan fingerprint density at radius 2 is 2.29 bits per heavy atom. The Bertz CT molecular complexity index is 436. The molecule has 0 aliphatic carbocycles. The minimum absolute atomic E-state index is 0.0250. The molecule has 0 unspecified atom stereocenters. The zero-order valence-electron chi connectivity index (χ0n) is 6.85. The van der Waals surface area contributed by atoms with Crippen molar-refractivity contribution < 1.29 is 8.78 Å². The highest BCUT2D eigenvalue weighted by atomic mass is 35.5. The van der Waals surface area contributed by atoms with Gasteiger partial charge in [0.05, 0.1) is 23.2 Å². The second kappa shape index (κ2) is 4.20. The number of nitrogens with zero attached hydrogens (tertiary/aromatic N) is 1. The number of halogens is 3. The van der Waals surface area contributed by atoms with E-state index in [1.807, 2.05) is 0 Å². The van der Waals surface area contributed by atoms with E-state index in [0.29, 0.717) is 0 Å². The fraction of sp³-hybridized carbons (Fsp3) is 0.250. The molecule has 0 bridgehead atoms. The van der Waals surface area contributed by atoms with Gasteiger partial charge in [0.15, 0.2) is 0 Å². The number of alkyl halides is 2. The van der Waals surface area contributed by atoms with Gasteiger partial charge >= 0.3 is 0 Å². The van der Waals surface area contributed by atoms with E-state index in [4.69, 9.17) is 16.9 Å². The summed E-state index contributed by atoms with van der Waals surface area (Å²) in [5.41, 5.74) is -1.20. The van der Waals surface area contributed by atoms with Gasteiger partial charge in [-0.05, 0) is 0 Å². The fourth-order valence-corrected chi connectivity index (χ4v) is 1.23. The van der Waals surface area contributed by atoms with Gasteiger partial charge < -0.3 is 4.98 Å². The van der Waals surface area contributed by atoms with Crippen LogP contribution >= 0.6 is 11.6 Å². The molecule has 0 amide bonds. The van der Waals surface area contributed by atoms with Crippen molar-refractivity contribution in [3.63, 3.8) is 0 Å². The smallest absolute Gasteiger partial charge is 0.265 e. The van der Waals surface area contributed by atoms with Gasteiger partial charge in [0.25, 0.3) is 6.43 Å². The van der Waals surface area contributed by atoms with Crippen molar-refractivity contribution in [2.45, 2.75) is 12.8 Å². The van der Waals surface area contributed by atoms with Gasteiger partial charge in [-0.25, -0.2) is 8.78 Å². The number of aromatic nitrogens is 1. The molecule has 3 nitrogen and oxygen atoms in total. The normalized spacial score (nSPS) is 10.2. The molecular weight excluding hydrogens is 214 g/mol. The summed E-state index contributed by atoms with van der Waals surface area (Å²) in [6.45, 7) is 0. The minimum atomic E-state index is -2.82. The number of pyridine rings is 1. The first-order valence-electron chi connectivity index (χ1n) is 3.63. The van der Waals surface area contributed by atoms with Crippen molar-refractivity contribution >= 4 is 11.6 Å². The van der Waals surface area contributed by atoms with Crippen LogP contribution < -0.4 is 5.56 Å². The predicted molar refractivity (Wildman–Crippen MR) is 46.3 cm³/mol. The number of rotatable bonds is 2. The van der Waals surface area contributed by atoms with Crippen molar-refractivity contribution in [3.05, 3.63) is 32.7 Å². The van der Waals surface area contributed by atoms with E-state index >= 15 is 0 Å².